The molecule has 1 heterocycles. The Morgan fingerprint density at radius 3 is 2.59 bits per heavy atom. The van der Waals surface area contributed by atoms with Gasteiger partial charge in [-0.3, -0.25) is 4.79 Å². The van der Waals surface area contributed by atoms with Crippen molar-refractivity contribution in [3.8, 4) is 0 Å². The van der Waals surface area contributed by atoms with Crippen molar-refractivity contribution in [3.63, 3.8) is 0 Å². The van der Waals surface area contributed by atoms with E-state index in [0.717, 1.165) is 4.31 Å². The first-order chi connectivity index (χ1) is 10.2. The molecule has 1 fully saturated rings. The minimum absolute atomic E-state index is 0.00872. The first-order valence-electron chi connectivity index (χ1n) is 6.81. The second kappa shape index (κ2) is 6.05. The summed E-state index contributed by atoms with van der Waals surface area (Å²) in [6.45, 7) is 0.362. The minimum atomic E-state index is -3.64. The lowest BCUT2D eigenvalue weighted by Crippen LogP contribution is -2.40. The number of rotatable bonds is 4. The second-order valence-corrected chi connectivity index (χ2v) is 7.46. The van der Waals surface area contributed by atoms with E-state index in [0.29, 0.717) is 19.4 Å². The van der Waals surface area contributed by atoms with Crippen LogP contribution in [0, 0.1) is 0 Å². The van der Waals surface area contributed by atoms with Crippen LogP contribution < -0.4 is 0 Å². The summed E-state index contributed by atoms with van der Waals surface area (Å²) in [5, 5.41) is 9.14. The maximum absolute atomic E-state index is 12.5. The van der Waals surface area contributed by atoms with Crippen LogP contribution in [0.5, 0.6) is 0 Å². The van der Waals surface area contributed by atoms with Gasteiger partial charge in [-0.2, -0.15) is 0 Å². The summed E-state index contributed by atoms with van der Waals surface area (Å²) < 4.78 is 25.3. The van der Waals surface area contributed by atoms with Crippen molar-refractivity contribution in [2.45, 2.75) is 23.8 Å². The summed E-state index contributed by atoms with van der Waals surface area (Å²) in [5.41, 5.74) is 0.177. The van der Waals surface area contributed by atoms with Crippen LogP contribution in [0.15, 0.2) is 29.2 Å². The molecule has 8 heteroatoms. The van der Waals surface area contributed by atoms with E-state index in [4.69, 9.17) is 5.11 Å². The maximum Gasteiger partial charge on any atom is 0.326 e. The predicted octanol–water partition coefficient (Wildman–Crippen LogP) is 0.626. The Balaban J connectivity index is 2.34. The lowest BCUT2D eigenvalue weighted by atomic mass is 10.1. The summed E-state index contributed by atoms with van der Waals surface area (Å²) in [6, 6.07) is 4.82. The molecule has 1 aromatic carbocycles. The fourth-order valence-corrected chi connectivity index (χ4v) is 3.38. The molecule has 1 N–H and O–H groups in total. The summed E-state index contributed by atoms with van der Waals surface area (Å²) in [6.07, 6.45) is 1.04. The SMILES string of the molecule is CN(C)S(=O)(=O)c1cccc(C(=O)N2CCC[C@@H]2C(=O)O)c1. The zero-order chi connectivity index (χ0) is 16.5. The third-order valence-corrected chi connectivity index (χ3v) is 5.47. The number of nitrogens with zero attached hydrogens (tertiary/aromatic N) is 2. The zero-order valence-electron chi connectivity index (χ0n) is 12.4. The Morgan fingerprint density at radius 2 is 2.00 bits per heavy atom. The highest BCUT2D eigenvalue weighted by molar-refractivity contribution is 7.89. The molecule has 0 bridgehead atoms. The van der Waals surface area contributed by atoms with Gasteiger partial charge in [0.25, 0.3) is 5.91 Å². The van der Waals surface area contributed by atoms with Gasteiger partial charge >= 0.3 is 5.97 Å². The summed E-state index contributed by atoms with van der Waals surface area (Å²) in [5.74, 6) is -1.50. The van der Waals surface area contributed by atoms with Gasteiger partial charge in [-0.05, 0) is 31.0 Å². The lowest BCUT2D eigenvalue weighted by molar-refractivity contribution is -0.141. The zero-order valence-corrected chi connectivity index (χ0v) is 13.2. The van der Waals surface area contributed by atoms with Crippen LogP contribution in [0.3, 0.4) is 0 Å². The average molecular weight is 326 g/mol. The highest BCUT2D eigenvalue weighted by Crippen LogP contribution is 2.22. The van der Waals surface area contributed by atoms with Gasteiger partial charge in [0.2, 0.25) is 10.0 Å². The van der Waals surface area contributed by atoms with Gasteiger partial charge in [0, 0.05) is 26.2 Å². The predicted molar refractivity (Wildman–Crippen MR) is 79.0 cm³/mol. The van der Waals surface area contributed by atoms with E-state index in [-0.39, 0.29) is 10.5 Å². The normalized spacial score (nSPS) is 18.7. The number of aliphatic carboxylic acids is 1. The summed E-state index contributed by atoms with van der Waals surface area (Å²) in [7, 11) is -0.825. The van der Waals surface area contributed by atoms with Crippen LogP contribution in [0.4, 0.5) is 0 Å². The molecule has 1 aliphatic heterocycles. The van der Waals surface area contributed by atoms with Gasteiger partial charge in [-0.1, -0.05) is 6.07 Å². The number of hydrogen-bond donors (Lipinski definition) is 1. The first kappa shape index (κ1) is 16.4. The monoisotopic (exact) mass is 326 g/mol. The van der Waals surface area contributed by atoms with Gasteiger partial charge in [0.1, 0.15) is 6.04 Å². The van der Waals surface area contributed by atoms with Crippen molar-refractivity contribution in [1.29, 1.82) is 0 Å². The van der Waals surface area contributed by atoms with Gasteiger partial charge in [-0.25, -0.2) is 17.5 Å². The van der Waals surface area contributed by atoms with Crippen molar-refractivity contribution in [1.82, 2.24) is 9.21 Å². The van der Waals surface area contributed by atoms with Crippen molar-refractivity contribution in [2.75, 3.05) is 20.6 Å². The third-order valence-electron chi connectivity index (χ3n) is 3.66. The quantitative estimate of drug-likeness (QED) is 0.875. The minimum Gasteiger partial charge on any atom is -0.480 e. The molecule has 1 aliphatic rings. The smallest absolute Gasteiger partial charge is 0.326 e. The Hall–Kier alpha value is -1.93. The molecule has 120 valence electrons. The summed E-state index contributed by atoms with van der Waals surface area (Å²) in [4.78, 5) is 24.9. The number of sulfonamides is 1. The van der Waals surface area contributed by atoms with Gasteiger partial charge in [-0.15, -0.1) is 0 Å². The molecule has 0 spiro atoms. The molecule has 22 heavy (non-hydrogen) atoms. The fourth-order valence-electron chi connectivity index (χ4n) is 2.43. The van der Waals surface area contributed by atoms with Gasteiger partial charge < -0.3 is 10.0 Å². The molecule has 0 radical (unpaired) electrons. The van der Waals surface area contributed by atoms with Gasteiger partial charge in [0.15, 0.2) is 0 Å². The van der Waals surface area contributed by atoms with E-state index < -0.39 is 27.9 Å². The molecule has 0 aromatic heterocycles. The van der Waals surface area contributed by atoms with E-state index in [2.05, 4.69) is 0 Å². The second-order valence-electron chi connectivity index (χ2n) is 5.31. The standard InChI is InChI=1S/C14H18N2O5S/c1-15(2)22(20,21)11-6-3-5-10(9-11)13(17)16-8-4-7-12(16)14(18)19/h3,5-6,9,12H,4,7-8H2,1-2H3,(H,18,19)/t12-/m1/s1. The first-order valence-corrected chi connectivity index (χ1v) is 8.25. The number of carbonyl (C=O) groups is 2. The number of carboxylic acids is 1. The number of carbonyl (C=O) groups excluding carboxylic acids is 1. The van der Waals surface area contributed by atoms with Crippen molar-refractivity contribution >= 4 is 21.9 Å². The molecule has 0 aliphatic carbocycles. The molecule has 1 amide bonds. The average Bonchev–Trinajstić information content (AvgIpc) is 2.96. The molecule has 0 saturated carbocycles. The van der Waals surface area contributed by atoms with Crippen LogP contribution in [-0.4, -0.2) is 61.3 Å². The van der Waals surface area contributed by atoms with Crippen LogP contribution in [0.1, 0.15) is 23.2 Å². The molecule has 2 rings (SSSR count). The van der Waals surface area contributed by atoms with E-state index in [1.807, 2.05) is 0 Å². The molecule has 1 aromatic rings. The van der Waals surface area contributed by atoms with Crippen LogP contribution in [-0.2, 0) is 14.8 Å². The number of likely N-dealkylation sites (tertiary alicyclic amines) is 1. The van der Waals surface area contributed by atoms with Crippen LogP contribution in [0.2, 0.25) is 0 Å². The van der Waals surface area contributed by atoms with Crippen LogP contribution in [0.25, 0.3) is 0 Å². The Morgan fingerprint density at radius 1 is 1.32 bits per heavy atom. The highest BCUT2D eigenvalue weighted by atomic mass is 32.2. The Bertz CT molecular complexity index is 699. The molecular weight excluding hydrogens is 308 g/mol. The molecule has 7 nitrogen and oxygen atoms in total. The fraction of sp³-hybridized carbons (Fsp3) is 0.429. The van der Waals surface area contributed by atoms with Crippen molar-refractivity contribution in [2.24, 2.45) is 0 Å². The third kappa shape index (κ3) is 2.97. The number of benzene rings is 1. The largest absolute Gasteiger partial charge is 0.480 e. The molecule has 1 saturated heterocycles. The van der Waals surface area contributed by atoms with E-state index in [9.17, 15) is 18.0 Å². The lowest BCUT2D eigenvalue weighted by Gasteiger charge is -2.21. The van der Waals surface area contributed by atoms with Crippen molar-refractivity contribution in [3.05, 3.63) is 29.8 Å². The molecule has 1 atom stereocenters. The topological polar surface area (TPSA) is 95.0 Å². The van der Waals surface area contributed by atoms with Crippen molar-refractivity contribution < 1.29 is 23.1 Å². The maximum atomic E-state index is 12.5. The highest BCUT2D eigenvalue weighted by Gasteiger charge is 2.34. The molecular formula is C14H18N2O5S. The Kier molecular flexibility index (Phi) is 4.52. The number of amides is 1. The van der Waals surface area contributed by atoms with E-state index in [1.54, 1.807) is 0 Å². The summed E-state index contributed by atoms with van der Waals surface area (Å²) >= 11 is 0. The number of hydrogen-bond acceptors (Lipinski definition) is 4. The Labute approximate surface area is 129 Å². The van der Waals surface area contributed by atoms with Crippen LogP contribution >= 0.6 is 0 Å². The van der Waals surface area contributed by atoms with E-state index >= 15 is 0 Å². The molecule has 0 unspecified atom stereocenters. The van der Waals surface area contributed by atoms with E-state index in [1.165, 1.54) is 43.3 Å². The number of carboxylic acid groups (broad SMARTS) is 1. The van der Waals surface area contributed by atoms with Gasteiger partial charge in [0.05, 0.1) is 4.90 Å².